The van der Waals surface area contributed by atoms with E-state index in [1.807, 2.05) is 39.0 Å². The third kappa shape index (κ3) is 5.91. The number of amides is 2. The van der Waals surface area contributed by atoms with E-state index in [1.165, 1.54) is 19.4 Å². The number of ether oxygens (including phenoxy) is 1. The van der Waals surface area contributed by atoms with Crippen LogP contribution in [0, 0.1) is 5.92 Å². The zero-order chi connectivity index (χ0) is 22.0. The molecule has 3 fully saturated rings. The van der Waals surface area contributed by atoms with Gasteiger partial charge in [0.1, 0.15) is 11.6 Å². The lowest BCUT2D eigenvalue weighted by atomic mass is 10.2. The molecule has 2 amide bonds. The first-order valence-corrected chi connectivity index (χ1v) is 11.7. The van der Waals surface area contributed by atoms with E-state index in [0.29, 0.717) is 13.0 Å². The quantitative estimate of drug-likeness (QED) is 0.777. The van der Waals surface area contributed by atoms with E-state index in [-0.39, 0.29) is 5.91 Å². The third-order valence-corrected chi connectivity index (χ3v) is 6.25. The molecule has 1 saturated carbocycles. The molecule has 2 saturated heterocycles. The minimum absolute atomic E-state index is 0.144. The number of hydrogen-bond acceptors (Lipinski definition) is 5. The highest BCUT2D eigenvalue weighted by Crippen LogP contribution is 2.30. The molecule has 170 valence electrons. The molecule has 1 N–H and O–H groups in total. The first-order chi connectivity index (χ1) is 14.8. The van der Waals surface area contributed by atoms with E-state index in [2.05, 4.69) is 21.2 Å². The summed E-state index contributed by atoms with van der Waals surface area (Å²) in [5, 5.41) is 3.03. The Kier molecular flexibility index (Phi) is 6.42. The largest absolute Gasteiger partial charge is 0.444 e. The number of nitrogens with one attached hydrogen (secondary N) is 1. The summed E-state index contributed by atoms with van der Waals surface area (Å²) < 4.78 is 5.48. The zero-order valence-corrected chi connectivity index (χ0v) is 19.1. The van der Waals surface area contributed by atoms with E-state index in [0.717, 1.165) is 49.9 Å². The number of nitrogens with zero attached hydrogens (tertiary/aromatic N) is 3. The van der Waals surface area contributed by atoms with Crippen molar-refractivity contribution >= 4 is 23.4 Å². The molecule has 0 radical (unpaired) electrons. The fourth-order valence-corrected chi connectivity index (χ4v) is 4.44. The first kappa shape index (κ1) is 21.9. The highest BCUT2D eigenvalue weighted by Gasteiger charge is 2.36. The second-order valence-electron chi connectivity index (χ2n) is 10.1. The molecule has 0 bridgehead atoms. The normalized spacial score (nSPS) is 22.5. The maximum Gasteiger partial charge on any atom is 0.410 e. The zero-order valence-electron chi connectivity index (χ0n) is 19.1. The van der Waals surface area contributed by atoms with Crippen LogP contribution < -0.4 is 10.2 Å². The van der Waals surface area contributed by atoms with Gasteiger partial charge in [-0.05, 0) is 70.6 Å². The smallest absolute Gasteiger partial charge is 0.410 e. The summed E-state index contributed by atoms with van der Waals surface area (Å²) in [5.41, 5.74) is 1.34. The monoisotopic (exact) mass is 428 g/mol. The van der Waals surface area contributed by atoms with Gasteiger partial charge in [0.15, 0.2) is 0 Å². The van der Waals surface area contributed by atoms with Crippen LogP contribution in [-0.2, 0) is 9.53 Å². The highest BCUT2D eigenvalue weighted by molar-refractivity contribution is 5.97. The highest BCUT2D eigenvalue weighted by atomic mass is 16.6. The average molecular weight is 429 g/mol. The molecule has 3 aliphatic rings. The Morgan fingerprint density at radius 2 is 1.81 bits per heavy atom. The molecule has 31 heavy (non-hydrogen) atoms. The predicted molar refractivity (Wildman–Crippen MR) is 122 cm³/mol. The molecule has 0 aromatic heterocycles. The number of hydrogen-bond donors (Lipinski definition) is 1. The molecule has 2 aliphatic heterocycles. The van der Waals surface area contributed by atoms with Gasteiger partial charge in [-0.2, -0.15) is 0 Å². The Morgan fingerprint density at radius 1 is 1.06 bits per heavy atom. The van der Waals surface area contributed by atoms with E-state index in [1.54, 1.807) is 4.90 Å². The Bertz CT molecular complexity index is 794. The van der Waals surface area contributed by atoms with E-state index in [4.69, 9.17) is 4.74 Å². The number of rotatable bonds is 5. The first-order valence-electron chi connectivity index (χ1n) is 11.7. The van der Waals surface area contributed by atoms with Crippen LogP contribution in [0.15, 0.2) is 24.3 Å². The molecular formula is C24H36N4O3. The number of anilines is 2. The minimum atomic E-state index is -0.572. The number of piperazine rings is 1. The second-order valence-corrected chi connectivity index (χ2v) is 10.1. The van der Waals surface area contributed by atoms with Crippen molar-refractivity contribution in [2.45, 2.75) is 58.1 Å². The van der Waals surface area contributed by atoms with E-state index >= 15 is 0 Å². The molecule has 1 atom stereocenters. The molecule has 1 unspecified atom stereocenters. The molecule has 7 nitrogen and oxygen atoms in total. The minimum Gasteiger partial charge on any atom is -0.444 e. The van der Waals surface area contributed by atoms with Gasteiger partial charge in [0.2, 0.25) is 5.91 Å². The SMILES string of the molecule is CC(C)(C)OC(=O)N1CCCC1C(=O)Nc1cccc(N2CCN(CC3CC3)CC2)c1. The van der Waals surface area contributed by atoms with Crippen molar-refractivity contribution in [2.24, 2.45) is 5.92 Å². The van der Waals surface area contributed by atoms with Crippen LogP contribution in [-0.4, -0.2) is 72.7 Å². The summed E-state index contributed by atoms with van der Waals surface area (Å²) in [6.45, 7) is 11.5. The van der Waals surface area contributed by atoms with Crippen molar-refractivity contribution in [3.63, 3.8) is 0 Å². The van der Waals surface area contributed by atoms with Crippen molar-refractivity contribution in [3.05, 3.63) is 24.3 Å². The fraction of sp³-hybridized carbons (Fsp3) is 0.667. The lowest BCUT2D eigenvalue weighted by Crippen LogP contribution is -2.47. The van der Waals surface area contributed by atoms with Gasteiger partial charge in [0, 0.05) is 50.6 Å². The van der Waals surface area contributed by atoms with Crippen molar-refractivity contribution in [1.82, 2.24) is 9.80 Å². The van der Waals surface area contributed by atoms with Crippen molar-refractivity contribution in [1.29, 1.82) is 0 Å². The van der Waals surface area contributed by atoms with E-state index < -0.39 is 17.7 Å². The van der Waals surface area contributed by atoms with Gasteiger partial charge in [-0.15, -0.1) is 0 Å². The third-order valence-electron chi connectivity index (χ3n) is 6.25. The molecule has 1 aromatic rings. The van der Waals surface area contributed by atoms with Crippen LogP contribution in [0.3, 0.4) is 0 Å². The number of carbonyl (C=O) groups is 2. The van der Waals surface area contributed by atoms with Gasteiger partial charge in [-0.25, -0.2) is 4.79 Å². The Hall–Kier alpha value is -2.28. The van der Waals surface area contributed by atoms with Gasteiger partial charge in [0.05, 0.1) is 0 Å². The Morgan fingerprint density at radius 3 is 2.48 bits per heavy atom. The van der Waals surface area contributed by atoms with Gasteiger partial charge >= 0.3 is 6.09 Å². The topological polar surface area (TPSA) is 65.1 Å². The maximum absolute atomic E-state index is 13.0. The van der Waals surface area contributed by atoms with Crippen molar-refractivity contribution in [2.75, 3.05) is 49.5 Å². The average Bonchev–Trinajstić information content (AvgIpc) is 3.38. The summed E-state index contributed by atoms with van der Waals surface area (Å²) in [4.78, 5) is 32.0. The molecular weight excluding hydrogens is 392 g/mol. The number of likely N-dealkylation sites (tertiary alicyclic amines) is 1. The maximum atomic E-state index is 13.0. The van der Waals surface area contributed by atoms with Crippen LogP contribution >= 0.6 is 0 Å². The number of carbonyl (C=O) groups excluding carboxylic acids is 2. The van der Waals surface area contributed by atoms with Gasteiger partial charge in [0.25, 0.3) is 0 Å². The Balaban J connectivity index is 1.34. The molecule has 2 heterocycles. The molecule has 0 spiro atoms. The van der Waals surface area contributed by atoms with Crippen LogP contribution in [0.4, 0.5) is 16.2 Å². The van der Waals surface area contributed by atoms with Crippen molar-refractivity contribution < 1.29 is 14.3 Å². The summed E-state index contributed by atoms with van der Waals surface area (Å²) in [6, 6.07) is 7.57. The van der Waals surface area contributed by atoms with Crippen LogP contribution in [0.25, 0.3) is 0 Å². The van der Waals surface area contributed by atoms with Gasteiger partial charge in [-0.1, -0.05) is 6.07 Å². The molecule has 1 aromatic carbocycles. The summed E-state index contributed by atoms with van der Waals surface area (Å²) in [5.74, 6) is 0.788. The molecule has 4 rings (SSSR count). The van der Waals surface area contributed by atoms with Gasteiger partial charge < -0.3 is 15.0 Å². The van der Waals surface area contributed by atoms with Gasteiger partial charge in [-0.3, -0.25) is 14.6 Å². The Labute approximate surface area is 185 Å². The number of benzene rings is 1. The predicted octanol–water partition coefficient (Wildman–Crippen LogP) is 3.56. The summed E-state index contributed by atoms with van der Waals surface area (Å²) >= 11 is 0. The van der Waals surface area contributed by atoms with E-state index in [9.17, 15) is 9.59 Å². The molecule has 1 aliphatic carbocycles. The van der Waals surface area contributed by atoms with Crippen LogP contribution in [0.5, 0.6) is 0 Å². The summed E-state index contributed by atoms with van der Waals surface area (Å²) in [7, 11) is 0. The fourth-order valence-electron chi connectivity index (χ4n) is 4.44. The lowest BCUT2D eigenvalue weighted by Gasteiger charge is -2.36. The molecule has 7 heteroatoms. The lowest BCUT2D eigenvalue weighted by molar-refractivity contribution is -0.120. The summed E-state index contributed by atoms with van der Waals surface area (Å²) in [6.07, 6.45) is 3.85. The van der Waals surface area contributed by atoms with Crippen LogP contribution in [0.1, 0.15) is 46.5 Å². The second kappa shape index (κ2) is 9.07. The van der Waals surface area contributed by atoms with Crippen molar-refractivity contribution in [3.8, 4) is 0 Å². The standard InChI is InChI=1S/C24H36N4O3/c1-24(2,3)31-23(30)28-11-5-8-21(28)22(29)25-19-6-4-7-20(16-19)27-14-12-26(13-15-27)17-18-9-10-18/h4,6-7,16,18,21H,5,8-15,17H2,1-3H3,(H,25,29). The van der Waals surface area contributed by atoms with Crippen LogP contribution in [0.2, 0.25) is 0 Å².